The first-order chi connectivity index (χ1) is 14.7. The van der Waals surface area contributed by atoms with Crippen molar-refractivity contribution in [2.45, 2.75) is 18.3 Å². The van der Waals surface area contributed by atoms with Gasteiger partial charge in [0.1, 0.15) is 17.3 Å². The van der Waals surface area contributed by atoms with Gasteiger partial charge in [-0.3, -0.25) is 0 Å². The van der Waals surface area contributed by atoms with Gasteiger partial charge in [-0.1, -0.05) is 23.7 Å². The molecule has 31 heavy (non-hydrogen) atoms. The van der Waals surface area contributed by atoms with Crippen molar-refractivity contribution in [3.63, 3.8) is 0 Å². The lowest BCUT2D eigenvalue weighted by Crippen LogP contribution is -2.20. The first-order valence-electron chi connectivity index (χ1n) is 9.07. The Morgan fingerprint density at radius 1 is 0.935 bits per heavy atom. The van der Waals surface area contributed by atoms with Gasteiger partial charge in [-0.2, -0.15) is 13.2 Å². The monoisotopic (exact) mass is 451 g/mol. The summed E-state index contributed by atoms with van der Waals surface area (Å²) < 4.78 is 64.2. The lowest BCUT2D eigenvalue weighted by atomic mass is 9.95. The fraction of sp³-hybridized carbons (Fsp3) is 0.136. The van der Waals surface area contributed by atoms with Crippen LogP contribution in [0.15, 0.2) is 66.7 Å². The smallest absolute Gasteiger partial charge is 0.416 e. The Labute approximate surface area is 179 Å². The van der Waals surface area contributed by atoms with E-state index in [1.165, 1.54) is 0 Å². The number of ether oxygens (including phenoxy) is 2. The highest BCUT2D eigenvalue weighted by atomic mass is 35.5. The quantitative estimate of drug-likeness (QED) is 0.443. The molecule has 0 aromatic heterocycles. The summed E-state index contributed by atoms with van der Waals surface area (Å²) in [6, 6.07) is 14.3. The molecule has 1 aliphatic rings. The van der Waals surface area contributed by atoms with Gasteiger partial charge in [-0.25, -0.2) is 9.18 Å². The van der Waals surface area contributed by atoms with Crippen LogP contribution in [0.1, 0.15) is 28.8 Å². The topological polar surface area (TPSA) is 47.6 Å². The van der Waals surface area contributed by atoms with Gasteiger partial charge in [-0.05, 0) is 65.7 Å². The van der Waals surface area contributed by atoms with Gasteiger partial charge in [0.2, 0.25) is 0 Å². The summed E-state index contributed by atoms with van der Waals surface area (Å²) in [6.07, 6.45) is -6.54. The minimum Gasteiger partial charge on any atom is -0.457 e. The van der Waals surface area contributed by atoms with E-state index in [2.05, 4.69) is 5.32 Å². The van der Waals surface area contributed by atoms with Crippen LogP contribution in [0.5, 0.6) is 11.5 Å². The van der Waals surface area contributed by atoms with Gasteiger partial charge in [0, 0.05) is 5.02 Å². The van der Waals surface area contributed by atoms with Crippen molar-refractivity contribution in [3.8, 4) is 11.5 Å². The molecule has 0 saturated carbocycles. The third kappa shape index (κ3) is 4.74. The fourth-order valence-corrected chi connectivity index (χ4v) is 3.41. The average molecular weight is 452 g/mol. The number of hydrogen-bond acceptors (Lipinski definition) is 3. The molecule has 1 fully saturated rings. The fourth-order valence-electron chi connectivity index (χ4n) is 3.29. The van der Waals surface area contributed by atoms with E-state index < -0.39 is 35.8 Å². The Hall–Kier alpha value is -3.26. The van der Waals surface area contributed by atoms with Crippen molar-refractivity contribution in [3.05, 3.63) is 94.3 Å². The van der Waals surface area contributed by atoms with Crippen LogP contribution < -0.4 is 10.1 Å². The zero-order valence-corrected chi connectivity index (χ0v) is 16.4. The van der Waals surface area contributed by atoms with Gasteiger partial charge in [0.25, 0.3) is 0 Å². The maximum absolute atomic E-state index is 13.9. The van der Waals surface area contributed by atoms with Gasteiger partial charge in [0.15, 0.2) is 6.10 Å². The molecule has 3 aromatic rings. The molecule has 4 rings (SSSR count). The summed E-state index contributed by atoms with van der Waals surface area (Å²) in [6.45, 7) is 0. The molecular weight excluding hydrogens is 438 g/mol. The van der Waals surface area contributed by atoms with Crippen molar-refractivity contribution < 1.29 is 31.8 Å². The van der Waals surface area contributed by atoms with Gasteiger partial charge in [-0.15, -0.1) is 0 Å². The highest BCUT2D eigenvalue weighted by Gasteiger charge is 2.39. The number of hydrogen-bond donors (Lipinski definition) is 1. The molecule has 4 nitrogen and oxygen atoms in total. The molecule has 1 saturated heterocycles. The maximum Gasteiger partial charge on any atom is 0.416 e. The van der Waals surface area contributed by atoms with E-state index in [-0.39, 0.29) is 5.56 Å². The molecule has 0 bridgehead atoms. The second-order valence-corrected chi connectivity index (χ2v) is 7.28. The molecular formula is C22H14ClF4NO3. The molecule has 2 unspecified atom stereocenters. The lowest BCUT2D eigenvalue weighted by Gasteiger charge is -2.19. The number of carbonyl (C=O) groups excluding carboxylic acids is 1. The molecule has 0 radical (unpaired) electrons. The molecule has 160 valence electrons. The van der Waals surface area contributed by atoms with E-state index in [1.54, 1.807) is 48.5 Å². The Morgan fingerprint density at radius 2 is 1.68 bits per heavy atom. The minimum atomic E-state index is -4.73. The van der Waals surface area contributed by atoms with Crippen LogP contribution in [0, 0.1) is 5.82 Å². The minimum absolute atomic E-state index is 0.0628. The third-order valence-electron chi connectivity index (χ3n) is 4.65. The molecule has 2 atom stereocenters. The molecule has 0 aliphatic carbocycles. The molecule has 1 amide bonds. The molecule has 1 heterocycles. The van der Waals surface area contributed by atoms with Crippen molar-refractivity contribution >= 4 is 17.7 Å². The van der Waals surface area contributed by atoms with E-state index in [1.807, 2.05) is 0 Å². The normalized spacial score (nSPS) is 18.4. The van der Waals surface area contributed by atoms with Crippen LogP contribution in [0.2, 0.25) is 5.02 Å². The predicted octanol–water partition coefficient (Wildman–Crippen LogP) is 6.81. The summed E-state index contributed by atoms with van der Waals surface area (Å²) in [5, 5.41) is 2.99. The second-order valence-electron chi connectivity index (χ2n) is 6.85. The van der Waals surface area contributed by atoms with E-state index >= 15 is 0 Å². The van der Waals surface area contributed by atoms with Crippen LogP contribution in [0.3, 0.4) is 0 Å². The Kier molecular flexibility index (Phi) is 5.49. The standard InChI is InChI=1S/C22H14ClF4NO3/c23-15-4-6-17(7-5-15)30-18-3-1-2-12(10-18)20-19(28-21(29)31-20)13-8-14(22(25,26)27)11-16(24)9-13/h1-11,19-20H,(H,28,29). The molecule has 0 spiro atoms. The number of alkyl halides is 3. The zero-order chi connectivity index (χ0) is 22.2. The summed E-state index contributed by atoms with van der Waals surface area (Å²) in [5.41, 5.74) is -0.748. The Balaban J connectivity index is 1.65. The summed E-state index contributed by atoms with van der Waals surface area (Å²) in [4.78, 5) is 11.9. The molecule has 9 heteroatoms. The Bertz CT molecular complexity index is 1120. The van der Waals surface area contributed by atoms with Gasteiger partial charge < -0.3 is 14.8 Å². The summed E-state index contributed by atoms with van der Waals surface area (Å²) in [5.74, 6) is -0.138. The van der Waals surface area contributed by atoms with E-state index in [0.717, 1.165) is 12.1 Å². The maximum atomic E-state index is 13.9. The van der Waals surface area contributed by atoms with Crippen LogP contribution in [-0.4, -0.2) is 6.09 Å². The number of carbonyl (C=O) groups is 1. The van der Waals surface area contributed by atoms with Gasteiger partial charge in [0.05, 0.1) is 11.6 Å². The van der Waals surface area contributed by atoms with E-state index in [4.69, 9.17) is 21.1 Å². The van der Waals surface area contributed by atoms with Crippen LogP contribution in [0.4, 0.5) is 22.4 Å². The van der Waals surface area contributed by atoms with Crippen molar-refractivity contribution in [2.75, 3.05) is 0 Å². The Morgan fingerprint density at radius 3 is 2.39 bits per heavy atom. The first-order valence-corrected chi connectivity index (χ1v) is 9.45. The number of benzene rings is 3. The van der Waals surface area contributed by atoms with Crippen LogP contribution >= 0.6 is 11.6 Å². The van der Waals surface area contributed by atoms with Crippen LogP contribution in [-0.2, 0) is 10.9 Å². The molecule has 1 aliphatic heterocycles. The van der Waals surface area contributed by atoms with Crippen molar-refractivity contribution in [2.24, 2.45) is 0 Å². The number of rotatable bonds is 4. The first kappa shape index (κ1) is 21.0. The highest BCUT2D eigenvalue weighted by molar-refractivity contribution is 6.30. The number of nitrogens with one attached hydrogen (secondary N) is 1. The number of alkyl carbamates (subject to hydrolysis) is 1. The summed E-state index contributed by atoms with van der Waals surface area (Å²) >= 11 is 5.86. The van der Waals surface area contributed by atoms with E-state index in [9.17, 15) is 22.4 Å². The average Bonchev–Trinajstić information content (AvgIpc) is 3.11. The lowest BCUT2D eigenvalue weighted by molar-refractivity contribution is -0.137. The van der Waals surface area contributed by atoms with Crippen molar-refractivity contribution in [1.29, 1.82) is 0 Å². The molecule has 3 aromatic carbocycles. The second kappa shape index (κ2) is 8.11. The van der Waals surface area contributed by atoms with E-state index in [0.29, 0.717) is 28.2 Å². The van der Waals surface area contributed by atoms with Crippen LogP contribution in [0.25, 0.3) is 0 Å². The van der Waals surface area contributed by atoms with Crippen molar-refractivity contribution in [1.82, 2.24) is 5.32 Å². The zero-order valence-electron chi connectivity index (χ0n) is 15.6. The largest absolute Gasteiger partial charge is 0.457 e. The highest BCUT2D eigenvalue weighted by Crippen LogP contribution is 2.40. The number of amides is 1. The predicted molar refractivity (Wildman–Crippen MR) is 104 cm³/mol. The third-order valence-corrected chi connectivity index (χ3v) is 4.90. The molecule has 1 N–H and O–H groups in total. The van der Waals surface area contributed by atoms with Gasteiger partial charge >= 0.3 is 12.3 Å². The SMILES string of the molecule is O=C1NC(c2cc(F)cc(C(F)(F)F)c2)C(c2cccc(Oc3ccc(Cl)cc3)c2)O1. The number of halogens is 5. The summed E-state index contributed by atoms with van der Waals surface area (Å²) in [7, 11) is 0. The number of cyclic esters (lactones) is 1.